The molecule has 4 rings (SSSR count). The molecule has 156 valence electrons. The van der Waals surface area contributed by atoms with Gasteiger partial charge in [0.2, 0.25) is 0 Å². The fourth-order valence-electron chi connectivity index (χ4n) is 2.83. The molecule has 1 N–H and O–H groups in total. The summed E-state index contributed by atoms with van der Waals surface area (Å²) in [6.07, 6.45) is -4.46. The van der Waals surface area contributed by atoms with Gasteiger partial charge < -0.3 is 5.11 Å². The molecule has 0 fully saturated rings. The Morgan fingerprint density at radius 1 is 1.17 bits per heavy atom. The Morgan fingerprint density at radius 3 is 2.50 bits per heavy atom. The first-order valence-electron chi connectivity index (χ1n) is 8.81. The average molecular weight is 435 g/mol. The van der Waals surface area contributed by atoms with Crippen molar-refractivity contribution in [3.05, 3.63) is 69.6 Å². The predicted octanol–water partition coefficient (Wildman–Crippen LogP) is 4.36. The number of halogens is 3. The van der Waals surface area contributed by atoms with E-state index < -0.39 is 17.7 Å². The van der Waals surface area contributed by atoms with E-state index in [1.165, 1.54) is 27.6 Å². The summed E-state index contributed by atoms with van der Waals surface area (Å²) < 4.78 is 38.7. The van der Waals surface area contributed by atoms with Crippen molar-refractivity contribution in [1.29, 1.82) is 0 Å². The van der Waals surface area contributed by atoms with Crippen LogP contribution in [0.15, 0.2) is 52.8 Å². The molecule has 0 spiro atoms. The number of nitrogens with zero attached hydrogens (tertiary/aromatic N) is 3. The summed E-state index contributed by atoms with van der Waals surface area (Å²) in [6.45, 7) is 2.23. The number of fused-ring (bicyclic) bond motifs is 2. The normalized spacial score (nSPS) is 11.3. The topological polar surface area (TPSA) is 85.1 Å². The first-order chi connectivity index (χ1) is 14.2. The third-order valence-corrected chi connectivity index (χ3v) is 5.03. The lowest BCUT2D eigenvalue weighted by Gasteiger charge is -2.07. The monoisotopic (exact) mass is 435 g/mol. The second-order valence-electron chi connectivity index (χ2n) is 6.22. The van der Waals surface area contributed by atoms with Crippen molar-refractivity contribution in [1.82, 2.24) is 14.8 Å². The number of carboxylic acid groups (broad SMARTS) is 1. The van der Waals surface area contributed by atoms with E-state index in [9.17, 15) is 22.8 Å². The van der Waals surface area contributed by atoms with Crippen LogP contribution in [-0.2, 0) is 23.9 Å². The van der Waals surface area contributed by atoms with Crippen LogP contribution >= 0.6 is 11.3 Å². The second-order valence-corrected chi connectivity index (χ2v) is 7.10. The number of aryl methyl sites for hydroxylation is 1. The molecule has 0 aliphatic rings. The summed E-state index contributed by atoms with van der Waals surface area (Å²) in [5.74, 6) is -0.955. The fraction of sp³-hybridized carbons (Fsp3) is 0.200. The maximum atomic E-state index is 12.2. The van der Waals surface area contributed by atoms with Crippen molar-refractivity contribution in [2.75, 3.05) is 0 Å². The molecular formula is C20H16F3N3O3S. The van der Waals surface area contributed by atoms with Gasteiger partial charge in [-0.1, -0.05) is 18.2 Å². The molecule has 0 radical (unpaired) electrons. The molecular weight excluding hydrogens is 419 g/mol. The van der Waals surface area contributed by atoms with E-state index in [-0.39, 0.29) is 12.0 Å². The summed E-state index contributed by atoms with van der Waals surface area (Å²) in [6, 6.07) is 10.5. The molecule has 0 bridgehead atoms. The minimum Gasteiger partial charge on any atom is -0.481 e. The second kappa shape index (κ2) is 8.62. The number of benzene rings is 2. The van der Waals surface area contributed by atoms with Gasteiger partial charge >= 0.3 is 12.1 Å². The smallest absolute Gasteiger partial charge is 0.416 e. The molecule has 2 heterocycles. The van der Waals surface area contributed by atoms with Crippen LogP contribution in [0.2, 0.25) is 0 Å². The molecule has 0 amide bonds. The van der Waals surface area contributed by atoms with E-state index in [4.69, 9.17) is 5.11 Å². The molecule has 30 heavy (non-hydrogen) atoms. The zero-order valence-corrected chi connectivity index (χ0v) is 16.5. The van der Waals surface area contributed by atoms with Crippen LogP contribution in [0.5, 0.6) is 0 Å². The van der Waals surface area contributed by atoms with Gasteiger partial charge in [-0.3, -0.25) is 9.59 Å². The van der Waals surface area contributed by atoms with Crippen LogP contribution < -0.4 is 5.56 Å². The molecule has 2 aromatic carbocycles. The maximum Gasteiger partial charge on any atom is 0.416 e. The number of rotatable bonds is 3. The van der Waals surface area contributed by atoms with Crippen LogP contribution in [0.3, 0.4) is 0 Å². The highest BCUT2D eigenvalue weighted by Gasteiger charge is 2.30. The number of aromatic nitrogens is 3. The standard InChI is InChI=1S/C12H12N2O3.C8H4F3NS/c1-2-14-12(17)9-6-4-3-5-8(9)10(13-14)7-11(15)16;9-8(10,11)5-1-2-7-6(3-5)12-4-13-7/h3-6H,2,7H2,1H3,(H,15,16);1-4H. The number of hydrogen-bond donors (Lipinski definition) is 1. The highest BCUT2D eigenvalue weighted by Crippen LogP contribution is 2.31. The number of thiazole rings is 1. The summed E-state index contributed by atoms with van der Waals surface area (Å²) >= 11 is 1.33. The molecule has 6 nitrogen and oxygen atoms in total. The lowest BCUT2D eigenvalue weighted by molar-refractivity contribution is -0.138. The summed E-state index contributed by atoms with van der Waals surface area (Å²) in [5, 5.41) is 14.0. The van der Waals surface area contributed by atoms with Crippen LogP contribution in [0.4, 0.5) is 13.2 Å². The zero-order chi connectivity index (χ0) is 21.9. The molecule has 0 saturated carbocycles. The predicted molar refractivity (Wildman–Crippen MR) is 108 cm³/mol. The van der Waals surface area contributed by atoms with E-state index in [0.717, 1.165) is 16.8 Å². The Hall–Kier alpha value is -3.27. The number of carbonyl (C=O) groups is 1. The average Bonchev–Trinajstić information content (AvgIpc) is 3.18. The minimum atomic E-state index is -4.28. The number of hydrogen-bond acceptors (Lipinski definition) is 5. The molecule has 0 aliphatic heterocycles. The highest BCUT2D eigenvalue weighted by atomic mass is 32.1. The molecule has 2 aromatic heterocycles. The van der Waals surface area contributed by atoms with Gasteiger partial charge in [-0.25, -0.2) is 9.67 Å². The highest BCUT2D eigenvalue weighted by molar-refractivity contribution is 7.16. The Morgan fingerprint density at radius 2 is 1.87 bits per heavy atom. The summed E-state index contributed by atoms with van der Waals surface area (Å²) in [4.78, 5) is 26.5. The van der Waals surface area contributed by atoms with Crippen molar-refractivity contribution in [2.24, 2.45) is 0 Å². The van der Waals surface area contributed by atoms with E-state index >= 15 is 0 Å². The molecule has 0 aliphatic carbocycles. The van der Waals surface area contributed by atoms with E-state index in [1.54, 1.807) is 31.2 Å². The van der Waals surface area contributed by atoms with Gasteiger partial charge in [0.05, 0.1) is 38.8 Å². The van der Waals surface area contributed by atoms with Crippen molar-refractivity contribution >= 4 is 38.3 Å². The first-order valence-corrected chi connectivity index (χ1v) is 9.69. The van der Waals surface area contributed by atoms with E-state index in [1.807, 2.05) is 0 Å². The van der Waals surface area contributed by atoms with Crippen molar-refractivity contribution < 1.29 is 23.1 Å². The summed E-state index contributed by atoms with van der Waals surface area (Å²) in [5.41, 5.74) is 1.53. The van der Waals surface area contributed by atoms with Crippen molar-refractivity contribution in [3.8, 4) is 0 Å². The molecule has 4 aromatic rings. The molecule has 0 saturated heterocycles. The van der Waals surface area contributed by atoms with Crippen LogP contribution in [-0.4, -0.2) is 25.8 Å². The number of carboxylic acids is 1. The van der Waals surface area contributed by atoms with Crippen LogP contribution in [0, 0.1) is 0 Å². The van der Waals surface area contributed by atoms with E-state index in [0.29, 0.717) is 28.5 Å². The van der Waals surface area contributed by atoms with Crippen molar-refractivity contribution in [2.45, 2.75) is 26.1 Å². The van der Waals surface area contributed by atoms with Gasteiger partial charge in [-0.15, -0.1) is 11.3 Å². The Bertz CT molecular complexity index is 1260. The quantitative estimate of drug-likeness (QED) is 0.517. The number of alkyl halides is 3. The van der Waals surface area contributed by atoms with Gasteiger partial charge in [0.25, 0.3) is 5.56 Å². The van der Waals surface area contributed by atoms with Gasteiger partial charge in [-0.2, -0.15) is 18.3 Å². The van der Waals surface area contributed by atoms with Gasteiger partial charge in [0, 0.05) is 11.9 Å². The molecule has 0 unspecified atom stereocenters. The number of aliphatic carboxylic acids is 1. The maximum absolute atomic E-state index is 12.2. The molecule has 10 heteroatoms. The van der Waals surface area contributed by atoms with Crippen molar-refractivity contribution in [3.63, 3.8) is 0 Å². The summed E-state index contributed by atoms with van der Waals surface area (Å²) in [7, 11) is 0. The van der Waals surface area contributed by atoms with Gasteiger partial charge in [0.15, 0.2) is 0 Å². The van der Waals surface area contributed by atoms with E-state index in [2.05, 4.69) is 10.1 Å². The lowest BCUT2D eigenvalue weighted by atomic mass is 10.1. The lowest BCUT2D eigenvalue weighted by Crippen LogP contribution is -2.24. The van der Waals surface area contributed by atoms with Crippen LogP contribution in [0.1, 0.15) is 18.2 Å². The Balaban J connectivity index is 0.000000177. The van der Waals surface area contributed by atoms with Crippen LogP contribution in [0.25, 0.3) is 21.0 Å². The fourth-order valence-corrected chi connectivity index (χ4v) is 3.49. The first kappa shape index (κ1) is 21.4. The third-order valence-electron chi connectivity index (χ3n) is 4.22. The van der Waals surface area contributed by atoms with Gasteiger partial charge in [-0.05, 0) is 31.2 Å². The molecule has 0 atom stereocenters. The largest absolute Gasteiger partial charge is 0.481 e. The SMILES string of the molecule is CCn1nc(CC(=O)O)c2ccccc2c1=O.FC(F)(F)c1ccc2scnc2c1. The Kier molecular flexibility index (Phi) is 6.16. The third kappa shape index (κ3) is 4.65. The minimum absolute atomic E-state index is 0.180. The van der Waals surface area contributed by atoms with Gasteiger partial charge in [0.1, 0.15) is 0 Å². The zero-order valence-electron chi connectivity index (χ0n) is 15.7. The Labute approximate surface area is 172 Å².